The summed E-state index contributed by atoms with van der Waals surface area (Å²) < 4.78 is 6.11. The third-order valence-electron chi connectivity index (χ3n) is 4.17. The number of hydrogen-bond acceptors (Lipinski definition) is 4. The number of ether oxygens (including phenoxy) is 1. The number of benzene rings is 2. The Morgan fingerprint density at radius 2 is 2.04 bits per heavy atom. The molecule has 3 aromatic rings. The molecule has 1 atom stereocenters. The number of aromatic amines is 1. The van der Waals surface area contributed by atoms with Crippen molar-refractivity contribution in [3.8, 4) is 5.75 Å². The van der Waals surface area contributed by atoms with Gasteiger partial charge < -0.3 is 10.1 Å². The van der Waals surface area contributed by atoms with Gasteiger partial charge in [0.25, 0.3) is 0 Å². The number of methoxy groups -OCH3 is 1. The summed E-state index contributed by atoms with van der Waals surface area (Å²) in [6.45, 7) is 1.84. The van der Waals surface area contributed by atoms with Crippen molar-refractivity contribution in [2.24, 2.45) is 0 Å². The van der Waals surface area contributed by atoms with E-state index in [4.69, 9.17) is 4.74 Å². The molecule has 1 amide bonds. The van der Waals surface area contributed by atoms with Crippen LogP contribution >= 0.6 is 15.9 Å². The van der Waals surface area contributed by atoms with Crippen molar-refractivity contribution in [1.82, 2.24) is 20.5 Å². The Morgan fingerprint density at radius 1 is 1.26 bits per heavy atom. The van der Waals surface area contributed by atoms with Crippen LogP contribution in [0, 0.1) is 6.92 Å². The minimum absolute atomic E-state index is 0.0572. The zero-order valence-corrected chi connectivity index (χ0v) is 16.8. The first kappa shape index (κ1) is 19.1. The second-order valence-electron chi connectivity index (χ2n) is 6.16. The van der Waals surface area contributed by atoms with Crippen LogP contribution < -0.4 is 10.1 Å². The maximum absolute atomic E-state index is 12.6. The molecule has 6 nitrogen and oxygen atoms in total. The van der Waals surface area contributed by atoms with E-state index >= 15 is 0 Å². The largest absolute Gasteiger partial charge is 0.496 e. The maximum atomic E-state index is 12.6. The van der Waals surface area contributed by atoms with Gasteiger partial charge in [-0.1, -0.05) is 36.4 Å². The van der Waals surface area contributed by atoms with Crippen LogP contribution in [-0.4, -0.2) is 28.2 Å². The highest BCUT2D eigenvalue weighted by atomic mass is 79.9. The zero-order chi connectivity index (χ0) is 19.2. The number of carbonyl (C=O) groups excluding carboxylic acids is 1. The Labute approximate surface area is 166 Å². The minimum Gasteiger partial charge on any atom is -0.496 e. The van der Waals surface area contributed by atoms with Crippen LogP contribution in [0.5, 0.6) is 5.75 Å². The number of halogens is 1. The third-order valence-corrected chi connectivity index (χ3v) is 4.79. The highest BCUT2D eigenvalue weighted by Gasteiger charge is 2.20. The lowest BCUT2D eigenvalue weighted by atomic mass is 10.1. The van der Waals surface area contributed by atoms with Gasteiger partial charge in [-0.25, -0.2) is 4.98 Å². The van der Waals surface area contributed by atoms with Gasteiger partial charge in [-0.3, -0.25) is 9.89 Å². The molecule has 2 N–H and O–H groups in total. The summed E-state index contributed by atoms with van der Waals surface area (Å²) in [6, 6.07) is 15.2. The highest BCUT2D eigenvalue weighted by molar-refractivity contribution is 9.10. The van der Waals surface area contributed by atoms with Gasteiger partial charge >= 0.3 is 0 Å². The highest BCUT2D eigenvalue weighted by Crippen LogP contribution is 2.26. The lowest BCUT2D eigenvalue weighted by molar-refractivity contribution is -0.121. The predicted octanol–water partition coefficient (Wildman–Crippen LogP) is 3.72. The van der Waals surface area contributed by atoms with Crippen molar-refractivity contribution < 1.29 is 9.53 Å². The van der Waals surface area contributed by atoms with Crippen LogP contribution in [0.15, 0.2) is 53.0 Å². The summed E-state index contributed by atoms with van der Waals surface area (Å²) in [5.41, 5.74) is 2.00. The number of amides is 1. The summed E-state index contributed by atoms with van der Waals surface area (Å²) in [4.78, 5) is 17.0. The Morgan fingerprint density at radius 3 is 2.67 bits per heavy atom. The minimum atomic E-state index is -0.383. The molecule has 0 radical (unpaired) electrons. The number of nitrogens with one attached hydrogen (secondary N) is 2. The summed E-state index contributed by atoms with van der Waals surface area (Å²) in [5, 5.41) is 10.1. The number of hydrogen-bond donors (Lipinski definition) is 2. The normalized spacial score (nSPS) is 11.8. The molecule has 2 aromatic carbocycles. The Kier molecular flexibility index (Phi) is 6.24. The van der Waals surface area contributed by atoms with E-state index < -0.39 is 0 Å². The van der Waals surface area contributed by atoms with E-state index in [0.29, 0.717) is 24.5 Å². The summed E-state index contributed by atoms with van der Waals surface area (Å²) >= 11 is 3.47. The summed E-state index contributed by atoms with van der Waals surface area (Å²) in [7, 11) is 1.63. The van der Waals surface area contributed by atoms with Crippen molar-refractivity contribution in [1.29, 1.82) is 0 Å². The molecule has 1 aromatic heterocycles. The van der Waals surface area contributed by atoms with E-state index in [1.807, 2.05) is 55.5 Å². The van der Waals surface area contributed by atoms with E-state index in [2.05, 4.69) is 36.4 Å². The fraction of sp³-hybridized carbons (Fsp3) is 0.250. The predicted molar refractivity (Wildman–Crippen MR) is 107 cm³/mol. The average Bonchev–Trinajstić information content (AvgIpc) is 3.11. The molecule has 0 spiro atoms. The molecule has 0 fully saturated rings. The van der Waals surface area contributed by atoms with Gasteiger partial charge in [-0.15, -0.1) is 0 Å². The van der Waals surface area contributed by atoms with Crippen LogP contribution in [-0.2, 0) is 11.2 Å². The zero-order valence-electron chi connectivity index (χ0n) is 15.2. The Balaban J connectivity index is 1.69. The van der Waals surface area contributed by atoms with E-state index in [0.717, 1.165) is 21.3 Å². The molecule has 0 aliphatic rings. The van der Waals surface area contributed by atoms with Crippen molar-refractivity contribution in [2.75, 3.05) is 7.11 Å². The fourth-order valence-corrected chi connectivity index (χ4v) is 3.38. The molecule has 0 saturated carbocycles. The number of aryl methyl sites for hydroxylation is 2. The maximum Gasteiger partial charge on any atom is 0.221 e. The van der Waals surface area contributed by atoms with Crippen molar-refractivity contribution in [3.05, 3.63) is 75.8 Å². The number of carbonyl (C=O) groups is 1. The molecular formula is C20H21BrN4O2. The molecule has 7 heteroatoms. The number of nitrogens with zero attached hydrogens (tertiary/aromatic N) is 2. The first-order chi connectivity index (χ1) is 13.1. The van der Waals surface area contributed by atoms with Gasteiger partial charge in [0.2, 0.25) is 5.91 Å². The number of H-pyrrole nitrogens is 1. The monoisotopic (exact) mass is 428 g/mol. The standard InChI is InChI=1S/C20H21BrN4O2/c1-13-22-20(25-24-13)19(15-6-4-3-5-7-15)23-18(26)11-9-14-8-10-17(27-2)16(21)12-14/h3-8,10,12,19H,9,11H2,1-2H3,(H,23,26)(H,22,24,25). The van der Waals surface area contributed by atoms with Gasteiger partial charge in [-0.05, 0) is 52.5 Å². The second-order valence-corrected chi connectivity index (χ2v) is 7.01. The molecule has 0 saturated heterocycles. The van der Waals surface area contributed by atoms with E-state index in [-0.39, 0.29) is 11.9 Å². The fourth-order valence-electron chi connectivity index (χ4n) is 2.79. The van der Waals surface area contributed by atoms with Gasteiger partial charge in [0.15, 0.2) is 5.82 Å². The lowest BCUT2D eigenvalue weighted by Gasteiger charge is -2.16. The van der Waals surface area contributed by atoms with Gasteiger partial charge in [-0.2, -0.15) is 5.10 Å². The smallest absolute Gasteiger partial charge is 0.221 e. The van der Waals surface area contributed by atoms with Gasteiger partial charge in [0, 0.05) is 6.42 Å². The third kappa shape index (κ3) is 4.95. The molecule has 0 bridgehead atoms. The number of aromatic nitrogens is 3. The SMILES string of the molecule is COc1ccc(CCC(=O)NC(c2ccccc2)c2n[nH]c(C)n2)cc1Br. The second kappa shape index (κ2) is 8.81. The first-order valence-corrected chi connectivity index (χ1v) is 9.41. The average molecular weight is 429 g/mol. The topological polar surface area (TPSA) is 79.9 Å². The molecule has 0 aliphatic heterocycles. The molecular weight excluding hydrogens is 408 g/mol. The molecule has 3 rings (SSSR count). The van der Waals surface area contributed by atoms with Crippen LogP contribution in [0.2, 0.25) is 0 Å². The van der Waals surface area contributed by atoms with Crippen LogP contribution in [0.1, 0.15) is 35.2 Å². The lowest BCUT2D eigenvalue weighted by Crippen LogP contribution is -2.30. The van der Waals surface area contributed by atoms with E-state index in [1.165, 1.54) is 0 Å². The first-order valence-electron chi connectivity index (χ1n) is 8.62. The summed E-state index contributed by atoms with van der Waals surface area (Å²) in [5.74, 6) is 1.98. The summed E-state index contributed by atoms with van der Waals surface area (Å²) in [6.07, 6.45) is 0.995. The van der Waals surface area contributed by atoms with Gasteiger partial charge in [0.05, 0.1) is 11.6 Å². The molecule has 1 heterocycles. The number of rotatable bonds is 7. The quantitative estimate of drug-likeness (QED) is 0.600. The Hall–Kier alpha value is -2.67. The van der Waals surface area contributed by atoms with Gasteiger partial charge in [0.1, 0.15) is 17.6 Å². The van der Waals surface area contributed by atoms with E-state index in [9.17, 15) is 4.79 Å². The molecule has 1 unspecified atom stereocenters. The van der Waals surface area contributed by atoms with Crippen LogP contribution in [0.3, 0.4) is 0 Å². The van der Waals surface area contributed by atoms with E-state index in [1.54, 1.807) is 7.11 Å². The Bertz CT molecular complexity index is 911. The molecule has 140 valence electrons. The molecule has 27 heavy (non-hydrogen) atoms. The van der Waals surface area contributed by atoms with Crippen molar-refractivity contribution in [3.63, 3.8) is 0 Å². The van der Waals surface area contributed by atoms with Crippen LogP contribution in [0.25, 0.3) is 0 Å². The van der Waals surface area contributed by atoms with Crippen molar-refractivity contribution >= 4 is 21.8 Å². The molecule has 0 aliphatic carbocycles. The van der Waals surface area contributed by atoms with Crippen molar-refractivity contribution in [2.45, 2.75) is 25.8 Å². The van der Waals surface area contributed by atoms with Crippen LogP contribution in [0.4, 0.5) is 0 Å².